The van der Waals surface area contributed by atoms with Crippen molar-refractivity contribution in [1.29, 1.82) is 0 Å². The number of nitrogens with zero attached hydrogens (tertiary/aromatic N) is 1. The number of fused-ring (bicyclic) bond motifs is 9. The van der Waals surface area contributed by atoms with E-state index >= 15 is 0 Å². The van der Waals surface area contributed by atoms with Crippen molar-refractivity contribution in [3.05, 3.63) is 90.6 Å². The van der Waals surface area contributed by atoms with Crippen LogP contribution in [0, 0.1) is 6.85 Å². The molecule has 0 radical (unpaired) electrons. The van der Waals surface area contributed by atoms with Crippen LogP contribution in [0.2, 0.25) is 0 Å². The van der Waals surface area contributed by atoms with E-state index in [1.807, 2.05) is 18.2 Å². The fourth-order valence-corrected chi connectivity index (χ4v) is 5.85. The fraction of sp³-hybridized carbons (Fsp3) is 0.0357. The average Bonchev–Trinajstić information content (AvgIpc) is 3.42. The molecule has 0 spiro atoms. The van der Waals surface area contributed by atoms with Gasteiger partial charge in [0.25, 0.3) is 0 Å². The Labute approximate surface area is 186 Å². The maximum Gasteiger partial charge on any atom is 0.144 e. The molecule has 0 atom stereocenters. The Hall–Kier alpha value is -3.69. The molecule has 0 amide bonds. The summed E-state index contributed by atoms with van der Waals surface area (Å²) in [4.78, 5) is 4.46. The Morgan fingerprint density at radius 3 is 2.39 bits per heavy atom. The Morgan fingerprint density at radius 2 is 1.48 bits per heavy atom. The molecular weight excluding hydrogens is 398 g/mol. The summed E-state index contributed by atoms with van der Waals surface area (Å²) in [6.45, 7) is -2.19. The SMILES string of the molecule is [2H]C([2H])([2H])c1ccnc(-c2cccc3c2oc2c3ccc3c2ccc2c4ccccc4sc23)c1. The summed E-state index contributed by atoms with van der Waals surface area (Å²) in [6, 6.07) is 26.3. The number of para-hydroxylation sites is 1. The molecule has 3 heterocycles. The number of furan rings is 1. The zero-order valence-electron chi connectivity index (χ0n) is 19.3. The molecule has 4 aromatic carbocycles. The third-order valence-electron chi connectivity index (χ3n) is 6.04. The lowest BCUT2D eigenvalue weighted by Gasteiger charge is -2.02. The molecule has 146 valence electrons. The molecule has 0 unspecified atom stereocenters. The third kappa shape index (κ3) is 2.35. The molecule has 2 nitrogen and oxygen atoms in total. The number of rotatable bonds is 1. The van der Waals surface area contributed by atoms with E-state index in [1.165, 1.54) is 25.6 Å². The first-order valence-corrected chi connectivity index (χ1v) is 11.0. The van der Waals surface area contributed by atoms with E-state index in [9.17, 15) is 0 Å². The molecule has 0 fully saturated rings. The highest BCUT2D eigenvalue weighted by molar-refractivity contribution is 7.26. The van der Waals surface area contributed by atoms with Crippen molar-refractivity contribution < 1.29 is 8.53 Å². The second kappa shape index (κ2) is 6.16. The lowest BCUT2D eigenvalue weighted by molar-refractivity contribution is 0.673. The summed E-state index contributed by atoms with van der Waals surface area (Å²) in [7, 11) is 0. The van der Waals surface area contributed by atoms with Gasteiger partial charge in [-0.1, -0.05) is 42.5 Å². The van der Waals surface area contributed by atoms with E-state index < -0.39 is 6.85 Å². The average molecular weight is 419 g/mol. The molecule has 0 aliphatic heterocycles. The maximum absolute atomic E-state index is 7.76. The van der Waals surface area contributed by atoms with Crippen LogP contribution in [-0.4, -0.2) is 4.98 Å². The minimum absolute atomic E-state index is 0.267. The number of aromatic nitrogens is 1. The summed E-state index contributed by atoms with van der Waals surface area (Å²) in [5.74, 6) is 0. The van der Waals surface area contributed by atoms with Gasteiger partial charge in [0, 0.05) is 57.6 Å². The van der Waals surface area contributed by atoms with Crippen LogP contribution in [0.5, 0.6) is 0 Å². The summed E-state index contributed by atoms with van der Waals surface area (Å²) >= 11 is 1.81. The Kier molecular flexibility index (Phi) is 2.85. The molecule has 0 bridgehead atoms. The third-order valence-corrected chi connectivity index (χ3v) is 7.26. The fourth-order valence-electron chi connectivity index (χ4n) is 4.62. The second-order valence-electron chi connectivity index (χ2n) is 7.79. The van der Waals surface area contributed by atoms with Crippen molar-refractivity contribution >= 4 is 64.2 Å². The van der Waals surface area contributed by atoms with Gasteiger partial charge in [-0.05, 0) is 48.8 Å². The van der Waals surface area contributed by atoms with Crippen LogP contribution in [0.3, 0.4) is 0 Å². The van der Waals surface area contributed by atoms with Crippen LogP contribution >= 0.6 is 11.3 Å². The Balaban J connectivity index is 1.53. The minimum atomic E-state index is -2.19. The Bertz CT molecular complexity index is 1910. The van der Waals surface area contributed by atoms with Crippen LogP contribution in [0.1, 0.15) is 9.68 Å². The molecule has 0 aliphatic rings. The van der Waals surface area contributed by atoms with Gasteiger partial charge >= 0.3 is 0 Å². The van der Waals surface area contributed by atoms with Crippen molar-refractivity contribution in [2.24, 2.45) is 0 Å². The number of hydrogen-bond acceptors (Lipinski definition) is 3. The first-order chi connectivity index (χ1) is 16.5. The van der Waals surface area contributed by atoms with Gasteiger partial charge in [0.2, 0.25) is 0 Å². The van der Waals surface area contributed by atoms with Crippen LogP contribution in [-0.2, 0) is 0 Å². The number of thiophene rings is 1. The van der Waals surface area contributed by atoms with Gasteiger partial charge in [-0.2, -0.15) is 0 Å². The van der Waals surface area contributed by atoms with E-state index in [0.29, 0.717) is 5.69 Å². The van der Waals surface area contributed by atoms with E-state index in [0.717, 1.165) is 32.9 Å². The molecule has 3 aromatic heterocycles. The first-order valence-electron chi connectivity index (χ1n) is 11.6. The first kappa shape index (κ1) is 14.3. The molecule has 3 heteroatoms. The molecule has 0 saturated heterocycles. The van der Waals surface area contributed by atoms with Gasteiger partial charge in [-0.3, -0.25) is 4.98 Å². The van der Waals surface area contributed by atoms with Gasteiger partial charge in [0.15, 0.2) is 0 Å². The minimum Gasteiger partial charge on any atom is -0.455 e. The summed E-state index contributed by atoms with van der Waals surface area (Å²) in [5, 5.41) is 6.81. The van der Waals surface area contributed by atoms with Crippen LogP contribution in [0.15, 0.2) is 89.5 Å². The zero-order valence-corrected chi connectivity index (χ0v) is 17.2. The van der Waals surface area contributed by atoms with E-state index in [1.54, 1.807) is 29.7 Å². The number of pyridine rings is 1. The predicted octanol–water partition coefficient (Wildman–Crippen LogP) is 8.48. The zero-order chi connectivity index (χ0) is 23.0. The summed E-state index contributed by atoms with van der Waals surface area (Å²) in [5.41, 5.74) is 3.21. The standard InChI is InChI=1S/C28H17NOS/c1-16-13-14-29-24(15-16)23-7-4-6-18-19-9-12-22-20(26(19)30-27(18)23)10-11-21-17-5-2-3-8-25(17)31-28(21)22/h2-15H,1H3/i1D3. The quantitative estimate of drug-likeness (QED) is 0.267. The highest BCUT2D eigenvalue weighted by Crippen LogP contribution is 2.43. The molecule has 0 aliphatic carbocycles. The number of hydrogen-bond donors (Lipinski definition) is 0. The highest BCUT2D eigenvalue weighted by atomic mass is 32.1. The predicted molar refractivity (Wildman–Crippen MR) is 132 cm³/mol. The topological polar surface area (TPSA) is 26.0 Å². The monoisotopic (exact) mass is 418 g/mol. The normalized spacial score (nSPS) is 13.9. The lowest BCUT2D eigenvalue weighted by atomic mass is 10.0. The van der Waals surface area contributed by atoms with E-state index in [4.69, 9.17) is 8.53 Å². The van der Waals surface area contributed by atoms with Gasteiger partial charge < -0.3 is 4.42 Å². The largest absolute Gasteiger partial charge is 0.455 e. The van der Waals surface area contributed by atoms with Gasteiger partial charge in [-0.15, -0.1) is 11.3 Å². The summed E-state index contributed by atoms with van der Waals surface area (Å²) < 4.78 is 32.3. The van der Waals surface area contributed by atoms with E-state index in [-0.39, 0.29) is 5.56 Å². The molecule has 7 aromatic rings. The maximum atomic E-state index is 7.76. The molecule has 0 N–H and O–H groups in total. The van der Waals surface area contributed by atoms with E-state index in [2.05, 4.69) is 53.5 Å². The molecule has 0 saturated carbocycles. The van der Waals surface area contributed by atoms with Gasteiger partial charge in [0.05, 0.1) is 5.69 Å². The van der Waals surface area contributed by atoms with Gasteiger partial charge in [0.1, 0.15) is 11.2 Å². The van der Waals surface area contributed by atoms with Gasteiger partial charge in [-0.25, -0.2) is 0 Å². The smallest absolute Gasteiger partial charge is 0.144 e. The number of aryl methyl sites for hydroxylation is 1. The van der Waals surface area contributed by atoms with Crippen molar-refractivity contribution in [2.75, 3.05) is 0 Å². The molecular formula is C28H17NOS. The van der Waals surface area contributed by atoms with Crippen LogP contribution in [0.4, 0.5) is 0 Å². The Morgan fingerprint density at radius 1 is 0.742 bits per heavy atom. The van der Waals surface area contributed by atoms with Crippen molar-refractivity contribution in [2.45, 2.75) is 6.85 Å². The van der Waals surface area contributed by atoms with Crippen LogP contribution < -0.4 is 0 Å². The summed E-state index contributed by atoms with van der Waals surface area (Å²) in [6.07, 6.45) is 1.55. The van der Waals surface area contributed by atoms with Crippen molar-refractivity contribution in [1.82, 2.24) is 4.98 Å². The highest BCUT2D eigenvalue weighted by Gasteiger charge is 2.16. The lowest BCUT2D eigenvalue weighted by Crippen LogP contribution is -1.84. The van der Waals surface area contributed by atoms with Crippen molar-refractivity contribution in [3.63, 3.8) is 0 Å². The van der Waals surface area contributed by atoms with Crippen LogP contribution in [0.25, 0.3) is 64.1 Å². The number of benzene rings is 4. The molecule has 7 rings (SSSR count). The second-order valence-corrected chi connectivity index (χ2v) is 8.84. The molecule has 31 heavy (non-hydrogen) atoms. The van der Waals surface area contributed by atoms with Crippen molar-refractivity contribution in [3.8, 4) is 11.3 Å².